The summed E-state index contributed by atoms with van der Waals surface area (Å²) in [5.41, 5.74) is 0.440. The number of hydrogen-bond acceptors (Lipinski definition) is 4. The largest absolute Gasteiger partial charge is 0.352 e. The zero-order chi connectivity index (χ0) is 19.3. The molecule has 0 unspecified atom stereocenters. The zero-order valence-corrected chi connectivity index (χ0v) is 16.5. The monoisotopic (exact) mass is 378 g/mol. The number of sulfonamides is 1. The first-order valence-electron chi connectivity index (χ1n) is 8.57. The van der Waals surface area contributed by atoms with Gasteiger partial charge in [0.05, 0.1) is 4.90 Å². The minimum atomic E-state index is -3.54. The van der Waals surface area contributed by atoms with E-state index in [-0.39, 0.29) is 16.8 Å². The Morgan fingerprint density at radius 3 is 2.46 bits per heavy atom. The summed E-state index contributed by atoms with van der Waals surface area (Å²) in [6.07, 6.45) is 4.44. The summed E-state index contributed by atoms with van der Waals surface area (Å²) in [6.45, 7) is 6.87. The van der Waals surface area contributed by atoms with Gasteiger partial charge < -0.3 is 9.88 Å². The summed E-state index contributed by atoms with van der Waals surface area (Å²) < 4.78 is 28.2. The van der Waals surface area contributed by atoms with E-state index in [4.69, 9.17) is 0 Å². The molecule has 0 atom stereocenters. The molecule has 0 bridgehead atoms. The predicted molar refractivity (Wildman–Crippen MR) is 100 cm³/mol. The maximum atomic E-state index is 12.4. The maximum Gasteiger partial charge on any atom is 0.251 e. The predicted octanol–water partition coefficient (Wildman–Crippen LogP) is 2.04. The Hall–Kier alpha value is -2.19. The molecule has 0 saturated heterocycles. The number of rotatable bonds is 8. The van der Waals surface area contributed by atoms with Crippen molar-refractivity contribution in [1.29, 1.82) is 0 Å². The Morgan fingerprint density at radius 1 is 1.27 bits per heavy atom. The van der Waals surface area contributed by atoms with Crippen LogP contribution in [0.4, 0.5) is 0 Å². The third kappa shape index (κ3) is 4.70. The highest BCUT2D eigenvalue weighted by Gasteiger charge is 2.23. The van der Waals surface area contributed by atoms with Gasteiger partial charge in [0.2, 0.25) is 10.0 Å². The van der Waals surface area contributed by atoms with E-state index < -0.39 is 10.0 Å². The fraction of sp³-hybridized carbons (Fsp3) is 0.444. The third-order valence-electron chi connectivity index (χ3n) is 4.31. The van der Waals surface area contributed by atoms with Crippen LogP contribution in [0.3, 0.4) is 0 Å². The molecule has 1 N–H and O–H groups in total. The summed E-state index contributed by atoms with van der Waals surface area (Å²) in [7, 11) is -1.99. The van der Waals surface area contributed by atoms with Gasteiger partial charge in [0, 0.05) is 44.1 Å². The maximum absolute atomic E-state index is 12.4. The van der Waals surface area contributed by atoms with Gasteiger partial charge in [-0.2, -0.15) is 4.31 Å². The number of hydrogen-bond donors (Lipinski definition) is 1. The standard InChI is InChI=1S/C18H26N4O3S/c1-14(2)21(4)26(24,25)17-8-6-16(7-9-17)18(23)20-10-5-12-22-13-11-19-15(22)3/h6-9,11,13-14H,5,10,12H2,1-4H3,(H,20,23). The first kappa shape index (κ1) is 20.1. The second-order valence-corrected chi connectivity index (χ2v) is 8.41. The van der Waals surface area contributed by atoms with Crippen molar-refractivity contribution in [3.8, 4) is 0 Å². The average molecular weight is 378 g/mol. The lowest BCUT2D eigenvalue weighted by atomic mass is 10.2. The Morgan fingerprint density at radius 2 is 1.92 bits per heavy atom. The SMILES string of the molecule is Cc1nccn1CCCNC(=O)c1ccc(S(=O)(=O)N(C)C(C)C)cc1. The van der Waals surface area contributed by atoms with Gasteiger partial charge >= 0.3 is 0 Å². The molecule has 1 aromatic carbocycles. The van der Waals surface area contributed by atoms with Gasteiger partial charge in [-0.1, -0.05) is 0 Å². The van der Waals surface area contributed by atoms with Gasteiger partial charge in [-0.25, -0.2) is 13.4 Å². The first-order valence-corrected chi connectivity index (χ1v) is 10.0. The molecule has 26 heavy (non-hydrogen) atoms. The van der Waals surface area contributed by atoms with Crippen LogP contribution in [0.5, 0.6) is 0 Å². The molecule has 0 radical (unpaired) electrons. The molecule has 0 spiro atoms. The van der Waals surface area contributed by atoms with E-state index in [0.717, 1.165) is 18.8 Å². The van der Waals surface area contributed by atoms with Gasteiger partial charge in [0.1, 0.15) is 5.82 Å². The lowest BCUT2D eigenvalue weighted by molar-refractivity contribution is 0.0952. The summed E-state index contributed by atoms with van der Waals surface area (Å²) in [6, 6.07) is 5.88. The van der Waals surface area contributed by atoms with Crippen LogP contribution in [0.15, 0.2) is 41.6 Å². The van der Waals surface area contributed by atoms with Crippen molar-refractivity contribution in [2.75, 3.05) is 13.6 Å². The minimum absolute atomic E-state index is 0.137. The normalized spacial score (nSPS) is 11.9. The highest BCUT2D eigenvalue weighted by atomic mass is 32.2. The number of nitrogens with zero attached hydrogens (tertiary/aromatic N) is 3. The topological polar surface area (TPSA) is 84.3 Å². The van der Waals surface area contributed by atoms with E-state index in [1.54, 1.807) is 13.2 Å². The molecular formula is C18H26N4O3S. The highest BCUT2D eigenvalue weighted by molar-refractivity contribution is 7.89. The molecule has 7 nitrogen and oxygen atoms in total. The van der Waals surface area contributed by atoms with Crippen LogP contribution >= 0.6 is 0 Å². The Bertz CT molecular complexity index is 842. The third-order valence-corrected chi connectivity index (χ3v) is 6.35. The Balaban J connectivity index is 1.91. The zero-order valence-electron chi connectivity index (χ0n) is 15.6. The molecular weight excluding hydrogens is 352 g/mol. The van der Waals surface area contributed by atoms with E-state index in [2.05, 4.69) is 10.3 Å². The van der Waals surface area contributed by atoms with Crippen LogP contribution in [0.1, 0.15) is 36.5 Å². The van der Waals surface area contributed by atoms with Crippen LogP contribution < -0.4 is 5.32 Å². The highest BCUT2D eigenvalue weighted by Crippen LogP contribution is 2.17. The molecule has 1 amide bonds. The molecule has 142 valence electrons. The summed E-state index contributed by atoms with van der Waals surface area (Å²) in [4.78, 5) is 16.5. The average Bonchev–Trinajstić information content (AvgIpc) is 3.02. The van der Waals surface area contributed by atoms with E-state index in [1.165, 1.54) is 28.6 Å². The Labute approximate surface area is 155 Å². The van der Waals surface area contributed by atoms with Gasteiger partial charge in [-0.05, 0) is 51.5 Å². The Kier molecular flexibility index (Phi) is 6.55. The second kappa shape index (κ2) is 8.46. The van der Waals surface area contributed by atoms with Crippen LogP contribution in [0.25, 0.3) is 0 Å². The number of imidazole rings is 1. The number of nitrogens with one attached hydrogen (secondary N) is 1. The van der Waals surface area contributed by atoms with E-state index >= 15 is 0 Å². The van der Waals surface area contributed by atoms with Crippen molar-refractivity contribution in [3.63, 3.8) is 0 Å². The van der Waals surface area contributed by atoms with Crippen molar-refractivity contribution in [2.45, 2.75) is 44.7 Å². The molecule has 0 fully saturated rings. The lowest BCUT2D eigenvalue weighted by Gasteiger charge is -2.21. The number of carbonyl (C=O) groups is 1. The molecule has 1 aromatic heterocycles. The van der Waals surface area contributed by atoms with Gasteiger partial charge in [0.25, 0.3) is 5.91 Å². The molecule has 0 aliphatic carbocycles. The number of aryl methyl sites for hydroxylation is 2. The molecule has 8 heteroatoms. The van der Waals surface area contributed by atoms with Crippen molar-refractivity contribution < 1.29 is 13.2 Å². The quantitative estimate of drug-likeness (QED) is 0.713. The van der Waals surface area contributed by atoms with Crippen molar-refractivity contribution in [1.82, 2.24) is 19.2 Å². The molecule has 2 rings (SSSR count). The summed E-state index contributed by atoms with van der Waals surface area (Å²) in [5.74, 6) is 0.730. The van der Waals surface area contributed by atoms with E-state index in [0.29, 0.717) is 12.1 Å². The van der Waals surface area contributed by atoms with Crippen LogP contribution in [-0.2, 0) is 16.6 Å². The number of carbonyl (C=O) groups excluding carboxylic acids is 1. The molecule has 0 saturated carbocycles. The molecule has 1 heterocycles. The molecule has 0 aliphatic rings. The van der Waals surface area contributed by atoms with E-state index in [9.17, 15) is 13.2 Å². The summed E-state index contributed by atoms with van der Waals surface area (Å²) in [5, 5.41) is 2.85. The first-order chi connectivity index (χ1) is 12.2. The molecule has 2 aromatic rings. The van der Waals surface area contributed by atoms with Crippen molar-refractivity contribution in [2.24, 2.45) is 0 Å². The number of benzene rings is 1. The van der Waals surface area contributed by atoms with Gasteiger partial charge in [-0.3, -0.25) is 4.79 Å². The molecule has 0 aliphatic heterocycles. The van der Waals surface area contributed by atoms with Gasteiger partial charge in [-0.15, -0.1) is 0 Å². The van der Waals surface area contributed by atoms with Crippen LogP contribution in [-0.4, -0.2) is 47.8 Å². The lowest BCUT2D eigenvalue weighted by Crippen LogP contribution is -2.33. The smallest absolute Gasteiger partial charge is 0.251 e. The van der Waals surface area contributed by atoms with E-state index in [1.807, 2.05) is 31.5 Å². The number of aromatic nitrogens is 2. The fourth-order valence-electron chi connectivity index (χ4n) is 2.42. The minimum Gasteiger partial charge on any atom is -0.352 e. The number of amides is 1. The van der Waals surface area contributed by atoms with Crippen LogP contribution in [0.2, 0.25) is 0 Å². The van der Waals surface area contributed by atoms with Crippen LogP contribution in [0, 0.1) is 6.92 Å². The summed E-state index contributed by atoms with van der Waals surface area (Å²) >= 11 is 0. The van der Waals surface area contributed by atoms with Gasteiger partial charge in [0.15, 0.2) is 0 Å². The second-order valence-electron chi connectivity index (χ2n) is 6.42. The fourth-order valence-corrected chi connectivity index (χ4v) is 3.78. The van der Waals surface area contributed by atoms with Crippen molar-refractivity contribution in [3.05, 3.63) is 48.0 Å². The van der Waals surface area contributed by atoms with Crippen molar-refractivity contribution >= 4 is 15.9 Å².